The third kappa shape index (κ3) is 4.08. The summed E-state index contributed by atoms with van der Waals surface area (Å²) in [6.07, 6.45) is 7.42. The van der Waals surface area contributed by atoms with Gasteiger partial charge in [-0.1, -0.05) is 134 Å². The van der Waals surface area contributed by atoms with Crippen LogP contribution in [-0.4, -0.2) is 9.55 Å². The van der Waals surface area contributed by atoms with Crippen LogP contribution in [0.4, 0.5) is 0 Å². The van der Waals surface area contributed by atoms with E-state index in [0.29, 0.717) is 0 Å². The normalized spacial score (nSPS) is 14.1. The summed E-state index contributed by atoms with van der Waals surface area (Å²) in [5.41, 5.74) is 10.4. The number of aromatic nitrogens is 2. The molecule has 0 saturated carbocycles. The van der Waals surface area contributed by atoms with Crippen molar-refractivity contribution in [2.24, 2.45) is 0 Å². The molecule has 1 aliphatic rings. The summed E-state index contributed by atoms with van der Waals surface area (Å²) in [4.78, 5) is 4.90. The Kier molecular flexibility index (Phi) is 6.07. The molecule has 2 heteroatoms. The van der Waals surface area contributed by atoms with Gasteiger partial charge in [-0.15, -0.1) is 0 Å². The molecule has 0 radical (unpaired) electrons. The van der Waals surface area contributed by atoms with Crippen molar-refractivity contribution < 1.29 is 0 Å². The number of pyridine rings is 1. The van der Waals surface area contributed by atoms with E-state index in [0.717, 1.165) is 39.9 Å². The van der Waals surface area contributed by atoms with Crippen molar-refractivity contribution in [2.45, 2.75) is 6.42 Å². The van der Waals surface area contributed by atoms with Gasteiger partial charge in [0.25, 0.3) is 0 Å². The lowest BCUT2D eigenvalue weighted by Gasteiger charge is -2.16. The van der Waals surface area contributed by atoms with Crippen LogP contribution in [-0.2, 0) is 6.42 Å². The predicted molar refractivity (Wildman–Crippen MR) is 194 cm³/mol. The lowest BCUT2D eigenvalue weighted by molar-refractivity contribution is 1.07. The molecular weight excluding hydrogens is 556 g/mol. The highest BCUT2D eigenvalue weighted by Gasteiger charge is 2.18. The van der Waals surface area contributed by atoms with Crippen LogP contribution >= 0.6 is 0 Å². The summed E-state index contributed by atoms with van der Waals surface area (Å²) >= 11 is 0. The van der Waals surface area contributed by atoms with E-state index >= 15 is 0 Å². The fourth-order valence-electron chi connectivity index (χ4n) is 7.33. The summed E-state index contributed by atoms with van der Waals surface area (Å²) < 4.78 is 2.45. The number of hydrogen-bond donors (Lipinski definition) is 0. The molecule has 0 N–H and O–H groups in total. The van der Waals surface area contributed by atoms with Gasteiger partial charge >= 0.3 is 0 Å². The van der Waals surface area contributed by atoms with Gasteiger partial charge in [0, 0.05) is 33.1 Å². The molecular formula is C44H30N2. The lowest BCUT2D eigenvalue weighted by Crippen LogP contribution is -2.29. The monoisotopic (exact) mass is 586 g/mol. The SMILES string of the molecule is C=C1/C=c2\c(n(-c3ccc(-c4nccc5ccccc45)c4ccccc34)c3ccccc23)=C/Cc2ccccc2-c2ccccc21. The van der Waals surface area contributed by atoms with Crippen LogP contribution in [0.5, 0.6) is 0 Å². The number of benzene rings is 6. The zero-order chi connectivity index (χ0) is 30.6. The van der Waals surface area contributed by atoms with Gasteiger partial charge in [-0.05, 0) is 69.3 Å². The Bertz CT molecular complexity index is 2630. The Morgan fingerprint density at radius 1 is 0.543 bits per heavy atom. The summed E-state index contributed by atoms with van der Waals surface area (Å²) in [7, 11) is 0. The maximum atomic E-state index is 4.90. The van der Waals surface area contributed by atoms with Crippen LogP contribution in [0, 0.1) is 0 Å². The van der Waals surface area contributed by atoms with Crippen LogP contribution in [0.3, 0.4) is 0 Å². The van der Waals surface area contributed by atoms with E-state index < -0.39 is 0 Å². The van der Waals surface area contributed by atoms with Crippen LogP contribution < -0.4 is 10.6 Å². The van der Waals surface area contributed by atoms with Crippen molar-refractivity contribution in [3.63, 3.8) is 0 Å². The molecule has 1 aliphatic carbocycles. The summed E-state index contributed by atoms with van der Waals surface area (Å²) in [5.74, 6) is 0. The average molecular weight is 587 g/mol. The van der Waals surface area contributed by atoms with Gasteiger partial charge in [0.15, 0.2) is 0 Å². The highest BCUT2D eigenvalue weighted by Crippen LogP contribution is 2.36. The highest BCUT2D eigenvalue weighted by molar-refractivity contribution is 6.07. The summed E-state index contributed by atoms with van der Waals surface area (Å²) in [6, 6.07) is 50.0. The topological polar surface area (TPSA) is 17.8 Å². The number of allylic oxidation sites excluding steroid dienone is 1. The Morgan fingerprint density at radius 3 is 2.09 bits per heavy atom. The zero-order valence-corrected chi connectivity index (χ0v) is 25.3. The molecule has 2 nitrogen and oxygen atoms in total. The lowest BCUT2D eigenvalue weighted by atomic mass is 9.90. The van der Waals surface area contributed by atoms with E-state index in [1.165, 1.54) is 54.3 Å². The largest absolute Gasteiger partial charge is 0.309 e. The minimum atomic E-state index is 0.810. The van der Waals surface area contributed by atoms with Gasteiger partial charge < -0.3 is 4.57 Å². The van der Waals surface area contributed by atoms with Crippen molar-refractivity contribution in [1.29, 1.82) is 0 Å². The van der Waals surface area contributed by atoms with E-state index in [1.54, 1.807) is 0 Å². The molecule has 0 saturated heterocycles. The molecule has 0 aliphatic heterocycles. The fraction of sp³-hybridized carbons (Fsp3) is 0.0227. The van der Waals surface area contributed by atoms with Gasteiger partial charge in [-0.25, -0.2) is 0 Å². The predicted octanol–water partition coefficient (Wildman–Crippen LogP) is 9.50. The number of para-hydroxylation sites is 1. The van der Waals surface area contributed by atoms with E-state index in [1.807, 2.05) is 6.20 Å². The maximum absolute atomic E-state index is 4.90. The average Bonchev–Trinajstić information content (AvgIpc) is 3.42. The molecule has 46 heavy (non-hydrogen) atoms. The highest BCUT2D eigenvalue weighted by atomic mass is 15.0. The second-order valence-electron chi connectivity index (χ2n) is 12.0. The number of hydrogen-bond acceptors (Lipinski definition) is 1. The van der Waals surface area contributed by atoms with E-state index in [9.17, 15) is 0 Å². The Labute approximate surface area is 267 Å². The van der Waals surface area contributed by atoms with E-state index in [-0.39, 0.29) is 0 Å². The van der Waals surface area contributed by atoms with Gasteiger partial charge in [-0.3, -0.25) is 4.98 Å². The second-order valence-corrected chi connectivity index (χ2v) is 12.0. The third-order valence-electron chi connectivity index (χ3n) is 9.44. The minimum Gasteiger partial charge on any atom is -0.309 e. The smallest absolute Gasteiger partial charge is 0.0786 e. The first-order valence-corrected chi connectivity index (χ1v) is 15.8. The van der Waals surface area contributed by atoms with Crippen molar-refractivity contribution >= 4 is 50.2 Å². The summed E-state index contributed by atoms with van der Waals surface area (Å²) in [6.45, 7) is 4.62. The van der Waals surface area contributed by atoms with Crippen LogP contribution in [0.25, 0.3) is 78.2 Å². The van der Waals surface area contributed by atoms with Gasteiger partial charge in [0.2, 0.25) is 0 Å². The van der Waals surface area contributed by atoms with Crippen LogP contribution in [0.15, 0.2) is 152 Å². The first-order chi connectivity index (χ1) is 22.8. The Balaban J connectivity index is 1.37. The first kappa shape index (κ1) is 26.4. The molecule has 0 spiro atoms. The Morgan fingerprint density at radius 2 is 1.22 bits per heavy atom. The van der Waals surface area contributed by atoms with E-state index in [2.05, 4.69) is 163 Å². The molecule has 8 aromatic rings. The third-order valence-corrected chi connectivity index (χ3v) is 9.44. The Hall–Kier alpha value is -5.99. The molecule has 0 atom stereocenters. The molecule has 6 aromatic carbocycles. The van der Waals surface area contributed by atoms with Crippen molar-refractivity contribution in [2.75, 3.05) is 0 Å². The zero-order valence-electron chi connectivity index (χ0n) is 25.3. The van der Waals surface area contributed by atoms with Crippen molar-refractivity contribution in [3.8, 4) is 28.1 Å². The van der Waals surface area contributed by atoms with Crippen molar-refractivity contribution in [1.82, 2.24) is 9.55 Å². The van der Waals surface area contributed by atoms with Crippen LogP contribution in [0.2, 0.25) is 0 Å². The minimum absolute atomic E-state index is 0.810. The standard InChI is InChI=1S/C44H30N2/c1-29-28-40-38-20-10-11-21-41(38)46(43(40)24-22-30-12-2-4-15-33(30)35-17-7-6-14-32(29)35)42-25-23-39(36-18-8-9-19-37(36)42)44-34-16-5-3-13-31(34)26-27-45-44/h2-21,23-28H,1,22H2/b40-28-,43-24+. The van der Waals surface area contributed by atoms with Crippen LogP contribution in [0.1, 0.15) is 11.1 Å². The number of rotatable bonds is 2. The maximum Gasteiger partial charge on any atom is 0.0786 e. The second kappa shape index (κ2) is 10.6. The summed E-state index contributed by atoms with van der Waals surface area (Å²) in [5, 5.41) is 8.31. The van der Waals surface area contributed by atoms with Gasteiger partial charge in [0.05, 0.1) is 22.2 Å². The molecule has 0 unspecified atom stereocenters. The van der Waals surface area contributed by atoms with Crippen molar-refractivity contribution in [3.05, 3.63) is 174 Å². The molecule has 2 heterocycles. The van der Waals surface area contributed by atoms with Gasteiger partial charge in [-0.2, -0.15) is 0 Å². The van der Waals surface area contributed by atoms with E-state index in [4.69, 9.17) is 4.98 Å². The van der Waals surface area contributed by atoms with Gasteiger partial charge in [0.1, 0.15) is 0 Å². The quantitative estimate of drug-likeness (QED) is 0.197. The molecule has 216 valence electrons. The molecule has 0 amide bonds. The molecule has 9 rings (SSSR count). The molecule has 0 fully saturated rings. The fourth-order valence-corrected chi connectivity index (χ4v) is 7.33. The number of nitrogens with zero attached hydrogens (tertiary/aromatic N) is 2. The molecule has 0 bridgehead atoms. The molecule has 2 aromatic heterocycles. The first-order valence-electron chi connectivity index (χ1n) is 15.8. The number of fused-ring (bicyclic) bond motifs is 8.